The molecule has 0 atom stereocenters. The zero-order chi connectivity index (χ0) is 25.0. The van der Waals surface area contributed by atoms with Crippen molar-refractivity contribution in [3.05, 3.63) is 35.3 Å². The minimum Gasteiger partial charge on any atom is -0.378 e. The molecule has 0 bridgehead atoms. The summed E-state index contributed by atoms with van der Waals surface area (Å²) in [6.45, 7) is 6.38. The van der Waals surface area contributed by atoms with Crippen LogP contribution < -0.4 is 4.90 Å². The van der Waals surface area contributed by atoms with E-state index in [-0.39, 0.29) is 5.25 Å². The van der Waals surface area contributed by atoms with Crippen LogP contribution in [0.5, 0.6) is 0 Å². The van der Waals surface area contributed by atoms with Crippen LogP contribution in [-0.4, -0.2) is 95.5 Å². The normalized spacial score (nSPS) is 20.3. The predicted molar refractivity (Wildman–Crippen MR) is 144 cm³/mol. The van der Waals surface area contributed by atoms with Gasteiger partial charge in [0.2, 0.25) is 10.0 Å². The van der Waals surface area contributed by atoms with Crippen LogP contribution in [0.4, 0.5) is 5.82 Å². The van der Waals surface area contributed by atoms with Gasteiger partial charge in [-0.15, -0.1) is 11.3 Å². The summed E-state index contributed by atoms with van der Waals surface area (Å²) in [5.41, 5.74) is 2.87. The molecule has 12 heteroatoms. The molecule has 3 aromatic heterocycles. The maximum absolute atomic E-state index is 12.6. The molecular formula is C25H29N7O3S2. The van der Waals surface area contributed by atoms with Crippen molar-refractivity contribution < 1.29 is 13.2 Å². The molecule has 1 N–H and O–H groups in total. The molecule has 37 heavy (non-hydrogen) atoms. The molecule has 3 fully saturated rings. The van der Waals surface area contributed by atoms with Crippen molar-refractivity contribution in [3.8, 4) is 11.4 Å². The number of morpholine rings is 1. The number of aromatic nitrogens is 4. The smallest absolute Gasteiger partial charge is 0.217 e. The van der Waals surface area contributed by atoms with Crippen molar-refractivity contribution in [2.24, 2.45) is 0 Å². The average molecular weight is 540 g/mol. The van der Waals surface area contributed by atoms with E-state index in [2.05, 4.69) is 26.1 Å². The summed E-state index contributed by atoms with van der Waals surface area (Å²) in [5, 5.41) is 8.12. The van der Waals surface area contributed by atoms with Crippen LogP contribution in [0.2, 0.25) is 0 Å². The molecule has 5 heterocycles. The summed E-state index contributed by atoms with van der Waals surface area (Å²) in [4.78, 5) is 16.0. The summed E-state index contributed by atoms with van der Waals surface area (Å²) in [6, 6.07) is 8.23. The number of sulfonamides is 1. The number of ether oxygens (including phenoxy) is 1. The second kappa shape index (κ2) is 9.28. The van der Waals surface area contributed by atoms with Gasteiger partial charge in [-0.2, -0.15) is 9.40 Å². The largest absolute Gasteiger partial charge is 0.378 e. The molecule has 4 aromatic rings. The predicted octanol–water partition coefficient (Wildman–Crippen LogP) is 2.68. The fourth-order valence-electron chi connectivity index (χ4n) is 5.25. The molecule has 1 aliphatic carbocycles. The number of fused-ring (bicyclic) bond motifs is 2. The first-order valence-electron chi connectivity index (χ1n) is 12.8. The Hall–Kier alpha value is -2.64. The first-order valence-corrected chi connectivity index (χ1v) is 15.2. The Morgan fingerprint density at radius 2 is 1.86 bits per heavy atom. The Labute approximate surface area is 219 Å². The van der Waals surface area contributed by atoms with Crippen molar-refractivity contribution in [2.45, 2.75) is 24.6 Å². The minimum atomic E-state index is -3.10. The second-order valence-electron chi connectivity index (χ2n) is 9.95. The van der Waals surface area contributed by atoms with Gasteiger partial charge in [-0.05, 0) is 25.0 Å². The molecule has 3 aliphatic rings. The Bertz CT molecular complexity index is 1550. The van der Waals surface area contributed by atoms with E-state index < -0.39 is 10.0 Å². The van der Waals surface area contributed by atoms with Gasteiger partial charge in [0.25, 0.3) is 0 Å². The number of anilines is 1. The summed E-state index contributed by atoms with van der Waals surface area (Å²) in [5.74, 6) is 1.66. The van der Waals surface area contributed by atoms with E-state index in [9.17, 15) is 8.42 Å². The molecule has 0 unspecified atom stereocenters. The molecule has 0 amide bonds. The Balaban J connectivity index is 1.19. The van der Waals surface area contributed by atoms with E-state index in [0.717, 1.165) is 78.1 Å². The molecule has 7 rings (SSSR count). The molecule has 2 saturated heterocycles. The summed E-state index contributed by atoms with van der Waals surface area (Å²) in [6.07, 6.45) is 3.45. The van der Waals surface area contributed by atoms with Crippen LogP contribution in [-0.2, 0) is 21.3 Å². The summed E-state index contributed by atoms with van der Waals surface area (Å²) < 4.78 is 33.6. The molecule has 0 radical (unpaired) electrons. The van der Waals surface area contributed by atoms with E-state index in [4.69, 9.17) is 14.7 Å². The van der Waals surface area contributed by atoms with Crippen molar-refractivity contribution in [3.63, 3.8) is 0 Å². The van der Waals surface area contributed by atoms with Gasteiger partial charge in [-0.25, -0.2) is 18.4 Å². The first-order chi connectivity index (χ1) is 18.1. The monoisotopic (exact) mass is 539 g/mol. The number of rotatable bonds is 6. The van der Waals surface area contributed by atoms with Crippen LogP contribution >= 0.6 is 11.3 Å². The molecular weight excluding hydrogens is 510 g/mol. The summed E-state index contributed by atoms with van der Waals surface area (Å²) >= 11 is 1.74. The molecule has 0 spiro atoms. The van der Waals surface area contributed by atoms with E-state index >= 15 is 0 Å². The van der Waals surface area contributed by atoms with Crippen LogP contribution in [0.15, 0.2) is 30.5 Å². The number of thiophene rings is 1. The highest BCUT2D eigenvalue weighted by atomic mass is 32.2. The highest BCUT2D eigenvalue weighted by molar-refractivity contribution is 7.90. The maximum atomic E-state index is 12.6. The molecule has 194 valence electrons. The van der Waals surface area contributed by atoms with E-state index in [1.54, 1.807) is 15.6 Å². The maximum Gasteiger partial charge on any atom is 0.217 e. The van der Waals surface area contributed by atoms with Gasteiger partial charge in [0.05, 0.1) is 40.4 Å². The topological polar surface area (TPSA) is 108 Å². The Morgan fingerprint density at radius 1 is 1.05 bits per heavy atom. The number of hydrogen-bond acceptors (Lipinski definition) is 9. The lowest BCUT2D eigenvalue weighted by atomic mass is 10.1. The second-order valence-corrected chi connectivity index (χ2v) is 13.3. The number of piperazine rings is 1. The van der Waals surface area contributed by atoms with Crippen molar-refractivity contribution in [2.75, 3.05) is 57.4 Å². The highest BCUT2D eigenvalue weighted by Gasteiger charge is 2.41. The third kappa shape index (κ3) is 4.40. The van der Waals surface area contributed by atoms with Crippen molar-refractivity contribution in [1.29, 1.82) is 0 Å². The van der Waals surface area contributed by atoms with Crippen LogP contribution in [0.25, 0.3) is 32.5 Å². The van der Waals surface area contributed by atoms with Gasteiger partial charge in [-0.3, -0.25) is 10.00 Å². The lowest BCUT2D eigenvalue weighted by Crippen LogP contribution is -2.49. The zero-order valence-corrected chi connectivity index (χ0v) is 22.1. The molecule has 2 aliphatic heterocycles. The quantitative estimate of drug-likeness (QED) is 0.399. The minimum absolute atomic E-state index is 0.138. The lowest BCUT2D eigenvalue weighted by Gasteiger charge is -2.33. The molecule has 1 aromatic carbocycles. The molecule has 1 saturated carbocycles. The van der Waals surface area contributed by atoms with E-state index in [0.29, 0.717) is 32.1 Å². The average Bonchev–Trinajstić information content (AvgIpc) is 3.55. The van der Waals surface area contributed by atoms with E-state index in [1.165, 1.54) is 4.88 Å². The highest BCUT2D eigenvalue weighted by Crippen LogP contribution is 2.37. The first kappa shape index (κ1) is 23.5. The fraction of sp³-hybridized carbons (Fsp3) is 0.480. The SMILES string of the molecule is O=S(=O)(C1CC1)N1CCN(Cc2cc3nc(-c4cccc5[nH]ncc45)nc(N4CCOCC4)c3s2)CC1. The molecule has 10 nitrogen and oxygen atoms in total. The lowest BCUT2D eigenvalue weighted by molar-refractivity contribution is 0.122. The number of nitrogens with zero attached hydrogens (tertiary/aromatic N) is 6. The van der Waals surface area contributed by atoms with Gasteiger partial charge in [-0.1, -0.05) is 12.1 Å². The number of benzene rings is 1. The number of aromatic amines is 1. The van der Waals surface area contributed by atoms with Crippen LogP contribution in [0, 0.1) is 0 Å². The Kier molecular flexibility index (Phi) is 5.89. The third-order valence-corrected chi connectivity index (χ3v) is 11.0. The van der Waals surface area contributed by atoms with Crippen molar-refractivity contribution >= 4 is 48.3 Å². The van der Waals surface area contributed by atoms with Gasteiger partial charge in [0.1, 0.15) is 0 Å². The van der Waals surface area contributed by atoms with Gasteiger partial charge >= 0.3 is 0 Å². The third-order valence-electron chi connectivity index (χ3n) is 7.46. The summed E-state index contributed by atoms with van der Waals surface area (Å²) in [7, 11) is -3.10. The van der Waals surface area contributed by atoms with Gasteiger partial charge in [0, 0.05) is 61.6 Å². The van der Waals surface area contributed by atoms with Crippen LogP contribution in [0.3, 0.4) is 0 Å². The van der Waals surface area contributed by atoms with E-state index in [1.807, 2.05) is 24.4 Å². The number of hydrogen-bond donors (Lipinski definition) is 1. The standard InChI is InChI=1S/C25H29N7O3S2/c33-37(34,18-4-5-18)32-8-6-30(7-9-32)16-17-14-22-23(36-17)25(31-10-12-35-13-11-31)28-24(27-22)19-2-1-3-21-20(19)15-26-29-21/h1-3,14-15,18H,4-13,16H2,(H,26,29). The fourth-order valence-corrected chi connectivity index (χ4v) is 8.24. The number of nitrogens with one attached hydrogen (secondary N) is 1. The Morgan fingerprint density at radius 3 is 2.65 bits per heavy atom. The van der Waals surface area contributed by atoms with Crippen LogP contribution in [0.1, 0.15) is 17.7 Å². The van der Waals surface area contributed by atoms with Crippen molar-refractivity contribution in [1.82, 2.24) is 29.4 Å². The van der Waals surface area contributed by atoms with Gasteiger partial charge < -0.3 is 9.64 Å². The van der Waals surface area contributed by atoms with Gasteiger partial charge in [0.15, 0.2) is 11.6 Å². The zero-order valence-electron chi connectivity index (χ0n) is 20.5. The number of H-pyrrole nitrogens is 1.